The summed E-state index contributed by atoms with van der Waals surface area (Å²) in [6, 6.07) is 8.08. The fourth-order valence-electron chi connectivity index (χ4n) is 2.58. The normalized spacial score (nSPS) is 18.0. The van der Waals surface area contributed by atoms with E-state index >= 15 is 0 Å². The van der Waals surface area contributed by atoms with Crippen LogP contribution < -0.4 is 10.5 Å². The standard InChI is InChI=1S/C17H26N2O2.ClH/c1-12(2)15(18)8-9-19(3)17(20)14-10-13-6-4-5-7-16(13)21-11-14;/h4-7,12,14-15H,8-11,18H2,1-3H3;1H. The number of nitrogens with two attached hydrogens (primary N) is 1. The van der Waals surface area contributed by atoms with Gasteiger partial charge in [-0.2, -0.15) is 0 Å². The molecule has 0 aromatic heterocycles. The molecule has 1 aliphatic rings. The molecular formula is C17H27ClN2O2. The van der Waals surface area contributed by atoms with Crippen molar-refractivity contribution in [2.75, 3.05) is 20.2 Å². The summed E-state index contributed by atoms with van der Waals surface area (Å²) >= 11 is 0. The van der Waals surface area contributed by atoms with E-state index in [4.69, 9.17) is 10.5 Å². The number of benzene rings is 1. The maximum atomic E-state index is 12.5. The molecule has 0 bridgehead atoms. The first-order valence-corrected chi connectivity index (χ1v) is 7.70. The number of para-hydroxylation sites is 1. The van der Waals surface area contributed by atoms with Gasteiger partial charge in [0.1, 0.15) is 12.4 Å². The molecule has 1 aromatic carbocycles. The number of ether oxygens (including phenoxy) is 1. The summed E-state index contributed by atoms with van der Waals surface area (Å²) in [5.41, 5.74) is 7.16. The lowest BCUT2D eigenvalue weighted by Crippen LogP contribution is -2.41. The third kappa shape index (κ3) is 4.62. The van der Waals surface area contributed by atoms with Gasteiger partial charge < -0.3 is 15.4 Å². The van der Waals surface area contributed by atoms with Crippen LogP contribution in [0.3, 0.4) is 0 Å². The topological polar surface area (TPSA) is 55.6 Å². The predicted octanol–water partition coefficient (Wildman–Crippen LogP) is 2.49. The molecule has 2 N–H and O–H groups in total. The molecule has 0 saturated heterocycles. The minimum atomic E-state index is -0.0832. The molecule has 1 heterocycles. The van der Waals surface area contributed by atoms with Crippen LogP contribution in [0.25, 0.3) is 0 Å². The Morgan fingerprint density at radius 1 is 1.41 bits per heavy atom. The molecule has 0 saturated carbocycles. The number of rotatable bonds is 5. The van der Waals surface area contributed by atoms with E-state index < -0.39 is 0 Å². The van der Waals surface area contributed by atoms with Crippen LogP contribution in [0.15, 0.2) is 24.3 Å². The van der Waals surface area contributed by atoms with E-state index in [9.17, 15) is 4.79 Å². The van der Waals surface area contributed by atoms with Crippen LogP contribution in [0.5, 0.6) is 5.75 Å². The smallest absolute Gasteiger partial charge is 0.229 e. The van der Waals surface area contributed by atoms with Gasteiger partial charge in [-0.05, 0) is 30.4 Å². The van der Waals surface area contributed by atoms with E-state index in [0.717, 1.165) is 24.2 Å². The van der Waals surface area contributed by atoms with Gasteiger partial charge in [0.2, 0.25) is 5.91 Å². The molecule has 4 nitrogen and oxygen atoms in total. The number of fused-ring (bicyclic) bond motifs is 1. The van der Waals surface area contributed by atoms with Crippen LogP contribution in [-0.2, 0) is 11.2 Å². The van der Waals surface area contributed by atoms with Gasteiger partial charge in [0.25, 0.3) is 0 Å². The first-order valence-electron chi connectivity index (χ1n) is 7.70. The summed E-state index contributed by atoms with van der Waals surface area (Å²) in [5.74, 6) is 1.42. The van der Waals surface area contributed by atoms with Gasteiger partial charge in [-0.1, -0.05) is 32.0 Å². The Morgan fingerprint density at radius 2 is 2.09 bits per heavy atom. The molecule has 2 atom stereocenters. The molecule has 1 amide bonds. The first kappa shape index (κ1) is 18.8. The van der Waals surface area contributed by atoms with Crippen molar-refractivity contribution < 1.29 is 9.53 Å². The zero-order valence-corrected chi connectivity index (χ0v) is 14.4. The number of amides is 1. The van der Waals surface area contributed by atoms with Crippen LogP contribution in [0.2, 0.25) is 0 Å². The van der Waals surface area contributed by atoms with Crippen molar-refractivity contribution in [2.45, 2.75) is 32.7 Å². The van der Waals surface area contributed by atoms with Crippen molar-refractivity contribution in [3.05, 3.63) is 29.8 Å². The molecule has 1 aromatic rings. The van der Waals surface area contributed by atoms with Crippen molar-refractivity contribution in [1.82, 2.24) is 4.90 Å². The fourth-order valence-corrected chi connectivity index (χ4v) is 2.58. The Labute approximate surface area is 139 Å². The second-order valence-electron chi connectivity index (χ2n) is 6.28. The number of hydrogen-bond donors (Lipinski definition) is 1. The number of carbonyl (C=O) groups is 1. The highest BCUT2D eigenvalue weighted by Crippen LogP contribution is 2.27. The van der Waals surface area contributed by atoms with Gasteiger partial charge in [-0.3, -0.25) is 4.79 Å². The zero-order valence-electron chi connectivity index (χ0n) is 13.6. The van der Waals surface area contributed by atoms with Crippen molar-refractivity contribution in [2.24, 2.45) is 17.6 Å². The predicted molar refractivity (Wildman–Crippen MR) is 91.4 cm³/mol. The first-order chi connectivity index (χ1) is 9.99. The van der Waals surface area contributed by atoms with Gasteiger partial charge >= 0.3 is 0 Å². The monoisotopic (exact) mass is 326 g/mol. The highest BCUT2D eigenvalue weighted by Gasteiger charge is 2.28. The van der Waals surface area contributed by atoms with Crippen LogP contribution in [0.1, 0.15) is 25.8 Å². The van der Waals surface area contributed by atoms with Crippen molar-refractivity contribution >= 4 is 18.3 Å². The van der Waals surface area contributed by atoms with Crippen LogP contribution >= 0.6 is 12.4 Å². The third-order valence-electron chi connectivity index (χ3n) is 4.26. The molecule has 0 aliphatic carbocycles. The molecule has 0 spiro atoms. The second-order valence-corrected chi connectivity index (χ2v) is 6.28. The lowest BCUT2D eigenvalue weighted by atomic mass is 9.95. The largest absolute Gasteiger partial charge is 0.492 e. The maximum absolute atomic E-state index is 12.5. The molecule has 2 unspecified atom stereocenters. The highest BCUT2D eigenvalue weighted by molar-refractivity contribution is 5.85. The fraction of sp³-hybridized carbons (Fsp3) is 0.588. The summed E-state index contributed by atoms with van der Waals surface area (Å²) in [6.45, 7) is 5.39. The van der Waals surface area contributed by atoms with Crippen LogP contribution in [0.4, 0.5) is 0 Å². The lowest BCUT2D eigenvalue weighted by Gasteiger charge is -2.29. The molecule has 22 heavy (non-hydrogen) atoms. The quantitative estimate of drug-likeness (QED) is 0.904. The number of hydrogen-bond acceptors (Lipinski definition) is 3. The van der Waals surface area contributed by atoms with E-state index in [1.165, 1.54) is 0 Å². The van der Waals surface area contributed by atoms with Crippen molar-refractivity contribution in [3.8, 4) is 5.75 Å². The Morgan fingerprint density at radius 3 is 2.77 bits per heavy atom. The minimum Gasteiger partial charge on any atom is -0.492 e. The summed E-state index contributed by atoms with van der Waals surface area (Å²) in [7, 11) is 1.86. The Balaban J connectivity index is 0.00000242. The summed E-state index contributed by atoms with van der Waals surface area (Å²) in [5, 5.41) is 0. The highest BCUT2D eigenvalue weighted by atomic mass is 35.5. The lowest BCUT2D eigenvalue weighted by molar-refractivity contribution is -0.135. The Bertz CT molecular complexity index is 493. The molecule has 1 aliphatic heterocycles. The zero-order chi connectivity index (χ0) is 15.4. The van der Waals surface area contributed by atoms with Gasteiger partial charge in [-0.25, -0.2) is 0 Å². The Kier molecular flexibility index (Phi) is 7.17. The third-order valence-corrected chi connectivity index (χ3v) is 4.26. The number of carbonyl (C=O) groups excluding carboxylic acids is 1. The van der Waals surface area contributed by atoms with E-state index in [-0.39, 0.29) is 30.3 Å². The van der Waals surface area contributed by atoms with Crippen molar-refractivity contribution in [3.63, 3.8) is 0 Å². The maximum Gasteiger partial charge on any atom is 0.229 e. The summed E-state index contributed by atoms with van der Waals surface area (Å²) in [4.78, 5) is 14.3. The summed E-state index contributed by atoms with van der Waals surface area (Å²) in [6.07, 6.45) is 1.60. The molecule has 5 heteroatoms. The average Bonchev–Trinajstić information content (AvgIpc) is 2.50. The molecule has 124 valence electrons. The van der Waals surface area contributed by atoms with Gasteiger partial charge in [0.05, 0.1) is 5.92 Å². The van der Waals surface area contributed by atoms with Gasteiger partial charge in [-0.15, -0.1) is 12.4 Å². The Hall–Kier alpha value is -1.26. The SMILES string of the molecule is CC(C)C(N)CCN(C)C(=O)C1COc2ccccc2C1.Cl. The summed E-state index contributed by atoms with van der Waals surface area (Å²) < 4.78 is 5.70. The van der Waals surface area contributed by atoms with Gasteiger partial charge in [0.15, 0.2) is 0 Å². The van der Waals surface area contributed by atoms with E-state index in [0.29, 0.717) is 19.1 Å². The number of halogens is 1. The molecule has 2 rings (SSSR count). The average molecular weight is 327 g/mol. The van der Waals surface area contributed by atoms with Gasteiger partial charge in [0, 0.05) is 19.6 Å². The van der Waals surface area contributed by atoms with Crippen molar-refractivity contribution in [1.29, 1.82) is 0 Å². The molecule has 0 fully saturated rings. The number of nitrogens with zero attached hydrogens (tertiary/aromatic N) is 1. The molecule has 0 radical (unpaired) electrons. The van der Waals surface area contributed by atoms with E-state index in [2.05, 4.69) is 13.8 Å². The van der Waals surface area contributed by atoms with E-state index in [1.54, 1.807) is 4.90 Å². The van der Waals surface area contributed by atoms with Crippen LogP contribution in [-0.4, -0.2) is 37.0 Å². The minimum absolute atomic E-state index is 0. The van der Waals surface area contributed by atoms with E-state index in [1.807, 2.05) is 31.3 Å². The second kappa shape index (κ2) is 8.39. The molecular weight excluding hydrogens is 300 g/mol. The van der Waals surface area contributed by atoms with Crippen LogP contribution in [0, 0.1) is 11.8 Å².